The normalized spacial score (nSPS) is 15.8. The van der Waals surface area contributed by atoms with Crippen molar-refractivity contribution in [3.8, 4) is 17.2 Å². The predicted octanol–water partition coefficient (Wildman–Crippen LogP) is 5.28. The number of sulfonamides is 1. The van der Waals surface area contributed by atoms with Gasteiger partial charge in [0.25, 0.3) is 15.9 Å². The zero-order valence-corrected chi connectivity index (χ0v) is 24.3. The molecule has 1 aliphatic heterocycles. The van der Waals surface area contributed by atoms with Crippen LogP contribution in [0.4, 0.5) is 5.69 Å². The lowest BCUT2D eigenvalue weighted by atomic mass is 9.93. The fourth-order valence-corrected chi connectivity index (χ4v) is 6.27. The molecule has 9 heteroatoms. The summed E-state index contributed by atoms with van der Waals surface area (Å²) in [6, 6.07) is 15.1. The molecule has 0 saturated carbocycles. The molecule has 1 N–H and O–H groups in total. The Bertz CT molecular complexity index is 1470. The Kier molecular flexibility index (Phi) is 8.11. The molecule has 2 atom stereocenters. The third kappa shape index (κ3) is 5.68. The molecule has 0 fully saturated rings. The molecule has 208 valence electrons. The lowest BCUT2D eigenvalue weighted by molar-refractivity contribution is -0.128. The maximum Gasteiger partial charge on any atom is 0.264 e. The van der Waals surface area contributed by atoms with Gasteiger partial charge in [0.2, 0.25) is 0 Å². The molecule has 8 nitrogen and oxygen atoms in total. The van der Waals surface area contributed by atoms with Crippen LogP contribution in [0.3, 0.4) is 0 Å². The predicted molar refractivity (Wildman–Crippen MR) is 151 cm³/mol. The summed E-state index contributed by atoms with van der Waals surface area (Å²) >= 11 is 0. The number of nitrogens with zero attached hydrogens (tertiary/aromatic N) is 1. The number of aryl methyl sites for hydroxylation is 2. The van der Waals surface area contributed by atoms with Crippen molar-refractivity contribution in [3.63, 3.8) is 0 Å². The monoisotopic (exact) mass is 552 g/mol. The van der Waals surface area contributed by atoms with Crippen molar-refractivity contribution in [1.82, 2.24) is 5.32 Å². The molecule has 1 aliphatic rings. The van der Waals surface area contributed by atoms with Crippen molar-refractivity contribution in [2.24, 2.45) is 0 Å². The number of rotatable bonds is 8. The summed E-state index contributed by atoms with van der Waals surface area (Å²) in [6.07, 6.45) is -1.04. The highest BCUT2D eigenvalue weighted by Crippen LogP contribution is 2.38. The molecular formula is C30H36N2O6S. The van der Waals surface area contributed by atoms with E-state index in [0.29, 0.717) is 17.2 Å². The van der Waals surface area contributed by atoms with Gasteiger partial charge in [-0.1, -0.05) is 19.9 Å². The average Bonchev–Trinajstić information content (AvgIpc) is 2.91. The van der Waals surface area contributed by atoms with Gasteiger partial charge in [-0.3, -0.25) is 9.10 Å². The van der Waals surface area contributed by atoms with Gasteiger partial charge in [0, 0.05) is 0 Å². The van der Waals surface area contributed by atoms with E-state index in [9.17, 15) is 13.2 Å². The number of methoxy groups -OCH3 is 2. The van der Waals surface area contributed by atoms with E-state index in [-0.39, 0.29) is 23.4 Å². The van der Waals surface area contributed by atoms with E-state index < -0.39 is 22.0 Å². The number of anilines is 1. The highest BCUT2D eigenvalue weighted by molar-refractivity contribution is 7.92. The molecule has 0 aliphatic carbocycles. The van der Waals surface area contributed by atoms with Crippen LogP contribution in [0.5, 0.6) is 17.2 Å². The minimum atomic E-state index is -3.99. The first kappa shape index (κ1) is 28.3. The molecule has 0 spiro atoms. The van der Waals surface area contributed by atoms with Crippen LogP contribution >= 0.6 is 0 Å². The van der Waals surface area contributed by atoms with Gasteiger partial charge in [-0.15, -0.1) is 0 Å². The average molecular weight is 553 g/mol. The number of nitrogens with one attached hydrogen (secondary N) is 1. The second-order valence-corrected chi connectivity index (χ2v) is 12.0. The number of carbonyl (C=O) groups excluding carboxylic acids is 1. The van der Waals surface area contributed by atoms with Crippen LogP contribution in [0.2, 0.25) is 0 Å². The van der Waals surface area contributed by atoms with E-state index in [1.807, 2.05) is 32.9 Å². The van der Waals surface area contributed by atoms with Crippen LogP contribution in [0.15, 0.2) is 59.5 Å². The van der Waals surface area contributed by atoms with Crippen LogP contribution < -0.4 is 23.8 Å². The molecule has 3 aromatic carbocycles. The number of hydrogen-bond donors (Lipinski definition) is 1. The van der Waals surface area contributed by atoms with Crippen molar-refractivity contribution < 1.29 is 27.4 Å². The summed E-state index contributed by atoms with van der Waals surface area (Å²) in [4.78, 5) is 13.6. The van der Waals surface area contributed by atoms with E-state index in [0.717, 1.165) is 28.0 Å². The molecular weight excluding hydrogens is 516 g/mol. The van der Waals surface area contributed by atoms with Crippen molar-refractivity contribution in [1.29, 1.82) is 0 Å². The molecule has 0 saturated heterocycles. The van der Waals surface area contributed by atoms with Crippen LogP contribution in [-0.2, 0) is 14.8 Å². The summed E-state index contributed by atoms with van der Waals surface area (Å²) in [7, 11) is -0.817. The maximum atomic E-state index is 13.7. The van der Waals surface area contributed by atoms with E-state index in [1.54, 1.807) is 31.4 Å². The van der Waals surface area contributed by atoms with Crippen LogP contribution in [-0.4, -0.2) is 41.2 Å². The molecule has 1 amide bonds. The van der Waals surface area contributed by atoms with Crippen molar-refractivity contribution in [2.75, 3.05) is 25.1 Å². The SMILES string of the molecule is COc1ccc(S(=O)(=O)N2C[C@@H](C(=O)N[C@@H](C)c3cc(C(C)C)c(OC)cc3C)Oc3cc(C)ccc32)cc1. The summed E-state index contributed by atoms with van der Waals surface area (Å²) in [5, 5.41) is 3.04. The Hall–Kier alpha value is -3.72. The largest absolute Gasteiger partial charge is 0.497 e. The Morgan fingerprint density at radius 3 is 2.28 bits per heavy atom. The number of hydrogen-bond acceptors (Lipinski definition) is 6. The zero-order valence-electron chi connectivity index (χ0n) is 23.4. The van der Waals surface area contributed by atoms with E-state index in [1.165, 1.54) is 23.5 Å². The van der Waals surface area contributed by atoms with Crippen LogP contribution in [0.1, 0.15) is 55.0 Å². The van der Waals surface area contributed by atoms with E-state index >= 15 is 0 Å². The topological polar surface area (TPSA) is 94.2 Å². The summed E-state index contributed by atoms with van der Waals surface area (Å²) in [5.74, 6) is 1.54. The first-order valence-corrected chi connectivity index (χ1v) is 14.3. The highest BCUT2D eigenvalue weighted by Gasteiger charge is 2.38. The number of carbonyl (C=O) groups is 1. The van der Waals surface area contributed by atoms with Gasteiger partial charge >= 0.3 is 0 Å². The van der Waals surface area contributed by atoms with Crippen molar-refractivity contribution >= 4 is 21.6 Å². The minimum absolute atomic E-state index is 0.0966. The van der Waals surface area contributed by atoms with Crippen LogP contribution in [0, 0.1) is 13.8 Å². The molecule has 1 heterocycles. The van der Waals surface area contributed by atoms with E-state index in [2.05, 4.69) is 25.2 Å². The quantitative estimate of drug-likeness (QED) is 0.409. The molecule has 0 radical (unpaired) electrons. The van der Waals surface area contributed by atoms with Gasteiger partial charge in [-0.25, -0.2) is 8.42 Å². The van der Waals surface area contributed by atoms with Crippen molar-refractivity contribution in [2.45, 2.75) is 57.6 Å². The van der Waals surface area contributed by atoms with Gasteiger partial charge in [-0.2, -0.15) is 0 Å². The molecule has 0 bridgehead atoms. The Morgan fingerprint density at radius 2 is 1.67 bits per heavy atom. The molecule has 3 aromatic rings. The van der Waals surface area contributed by atoms with E-state index in [4.69, 9.17) is 14.2 Å². The van der Waals surface area contributed by atoms with Gasteiger partial charge in [0.1, 0.15) is 17.2 Å². The Labute approximate surface area is 230 Å². The smallest absolute Gasteiger partial charge is 0.264 e. The van der Waals surface area contributed by atoms with Gasteiger partial charge in [0.05, 0.1) is 37.4 Å². The molecule has 0 aromatic heterocycles. The lowest BCUT2D eigenvalue weighted by Gasteiger charge is -2.35. The van der Waals surface area contributed by atoms with Gasteiger partial charge in [0.15, 0.2) is 6.10 Å². The number of benzene rings is 3. The molecule has 4 rings (SSSR count). The third-order valence-corrected chi connectivity index (χ3v) is 8.78. The van der Waals surface area contributed by atoms with Gasteiger partial charge < -0.3 is 19.5 Å². The zero-order chi connectivity index (χ0) is 28.5. The van der Waals surface area contributed by atoms with Gasteiger partial charge in [-0.05, 0) is 97.5 Å². The second-order valence-electron chi connectivity index (χ2n) is 10.1. The Balaban J connectivity index is 1.64. The summed E-state index contributed by atoms with van der Waals surface area (Å²) in [6.45, 7) is 9.78. The fraction of sp³-hybridized carbons (Fsp3) is 0.367. The first-order valence-electron chi connectivity index (χ1n) is 12.9. The third-order valence-electron chi connectivity index (χ3n) is 6.99. The standard InChI is InChI=1S/C30H36N2O6S/c1-18(2)24-16-25(20(4)15-27(24)37-7)21(5)31-30(33)29-17-32(26-13-8-19(3)14-28(26)38-29)39(34,35)23-11-9-22(36-6)10-12-23/h8-16,18,21,29H,17H2,1-7H3,(H,31,33)/t21-,29-/m0/s1. The fourth-order valence-electron chi connectivity index (χ4n) is 4.79. The first-order chi connectivity index (χ1) is 18.5. The summed E-state index contributed by atoms with van der Waals surface area (Å²) in [5.41, 5.74) is 4.27. The lowest BCUT2D eigenvalue weighted by Crippen LogP contribution is -2.51. The Morgan fingerprint density at radius 1 is 0.974 bits per heavy atom. The van der Waals surface area contributed by atoms with Crippen LogP contribution in [0.25, 0.3) is 0 Å². The minimum Gasteiger partial charge on any atom is -0.497 e. The highest BCUT2D eigenvalue weighted by atomic mass is 32.2. The number of ether oxygens (including phenoxy) is 3. The maximum absolute atomic E-state index is 13.7. The van der Waals surface area contributed by atoms with Crippen molar-refractivity contribution in [3.05, 3.63) is 76.9 Å². The summed E-state index contributed by atoms with van der Waals surface area (Å²) < 4.78 is 45.5. The number of fused-ring (bicyclic) bond motifs is 1. The number of amides is 1. The second kappa shape index (κ2) is 11.2. The molecule has 39 heavy (non-hydrogen) atoms. The molecule has 0 unspecified atom stereocenters.